The molecule has 1 heterocycles. The van der Waals surface area contributed by atoms with Gasteiger partial charge in [0.1, 0.15) is 24.1 Å². The number of carbonyl (C=O) groups excluding carboxylic acids is 1. The van der Waals surface area contributed by atoms with E-state index >= 15 is 0 Å². The number of hydrogen-bond acceptors (Lipinski definition) is 7. The summed E-state index contributed by atoms with van der Waals surface area (Å²) in [6.07, 6.45) is 5.08. The Morgan fingerprint density at radius 3 is 2.09 bits per heavy atom. The maximum absolute atomic E-state index is 13.8. The standard InChI is InChI=1S/C35H25F2N3O7/c1-46-29-7-2-4-25(34(29)40(44)45)35-38-32(23-14-8-21(9-15-23)12-18-30(41)42)33(39-35)24-16-10-22(11-17-24)13-19-31(43)47-20-26-27(36)5-3-6-28(26)37/h2-19H,20H2,1H3,(H,38,39)(H,41,42). The van der Waals surface area contributed by atoms with Crippen molar-refractivity contribution in [3.8, 4) is 39.7 Å². The van der Waals surface area contributed by atoms with E-state index in [1.807, 2.05) is 0 Å². The molecule has 5 aromatic rings. The highest BCUT2D eigenvalue weighted by molar-refractivity contribution is 5.88. The number of esters is 1. The van der Waals surface area contributed by atoms with E-state index in [0.29, 0.717) is 33.6 Å². The van der Waals surface area contributed by atoms with Gasteiger partial charge in [-0.25, -0.2) is 23.4 Å². The average molecular weight is 638 g/mol. The van der Waals surface area contributed by atoms with Gasteiger partial charge in [-0.15, -0.1) is 0 Å². The van der Waals surface area contributed by atoms with Gasteiger partial charge in [0.05, 0.1) is 34.5 Å². The van der Waals surface area contributed by atoms with Crippen LogP contribution in [0.4, 0.5) is 14.5 Å². The number of carboxylic acids is 1. The molecule has 4 aromatic carbocycles. The predicted octanol–water partition coefficient (Wildman–Crippen LogP) is 7.46. The van der Waals surface area contributed by atoms with Crippen molar-refractivity contribution >= 4 is 29.8 Å². The number of methoxy groups -OCH3 is 1. The number of aliphatic carboxylic acids is 1. The topological polar surface area (TPSA) is 145 Å². The zero-order valence-corrected chi connectivity index (χ0v) is 24.6. The number of carbonyl (C=O) groups is 2. The van der Waals surface area contributed by atoms with Gasteiger partial charge in [-0.3, -0.25) is 10.1 Å². The molecule has 1 aromatic heterocycles. The monoisotopic (exact) mass is 637 g/mol. The van der Waals surface area contributed by atoms with Gasteiger partial charge < -0.3 is 19.6 Å². The molecule has 0 aliphatic rings. The van der Waals surface area contributed by atoms with Gasteiger partial charge in [0.25, 0.3) is 0 Å². The first-order chi connectivity index (χ1) is 22.6. The molecule has 0 aliphatic carbocycles. The largest absolute Gasteiger partial charge is 0.490 e. The molecule has 12 heteroatoms. The number of nitrogens with zero attached hydrogens (tertiary/aromatic N) is 2. The molecule has 0 spiro atoms. The lowest BCUT2D eigenvalue weighted by atomic mass is 10.0. The summed E-state index contributed by atoms with van der Waals surface area (Å²) in [5.41, 5.74) is 3.17. The van der Waals surface area contributed by atoms with Crippen LogP contribution >= 0.6 is 0 Å². The lowest BCUT2D eigenvalue weighted by Gasteiger charge is -2.06. The number of nitrogens with one attached hydrogen (secondary N) is 1. The molecule has 0 unspecified atom stereocenters. The van der Waals surface area contributed by atoms with Gasteiger partial charge in [0.2, 0.25) is 0 Å². The molecule has 2 N–H and O–H groups in total. The fourth-order valence-electron chi connectivity index (χ4n) is 4.69. The fourth-order valence-corrected chi connectivity index (χ4v) is 4.69. The molecule has 0 radical (unpaired) electrons. The Bertz CT molecular complexity index is 2000. The van der Waals surface area contributed by atoms with Crippen LogP contribution < -0.4 is 4.74 Å². The van der Waals surface area contributed by atoms with Crippen molar-refractivity contribution in [1.29, 1.82) is 0 Å². The molecule has 5 rings (SSSR count). The SMILES string of the molecule is COc1cccc(-c2nc(-c3ccc(C=CC(=O)O)cc3)c(-c3ccc(C=CC(=O)OCc4c(F)cccc4F)cc3)[nH]2)c1[N+](=O)[O-]. The minimum Gasteiger partial charge on any atom is -0.490 e. The van der Waals surface area contributed by atoms with E-state index in [1.54, 1.807) is 60.7 Å². The molecule has 10 nitrogen and oxygen atoms in total. The Labute approximate surface area is 266 Å². The first-order valence-corrected chi connectivity index (χ1v) is 14.0. The number of benzene rings is 4. The number of rotatable bonds is 11. The van der Waals surface area contributed by atoms with Crippen LogP contribution in [0.15, 0.2) is 97.1 Å². The zero-order chi connectivity index (χ0) is 33.5. The summed E-state index contributed by atoms with van der Waals surface area (Å²) < 4.78 is 37.8. The lowest BCUT2D eigenvalue weighted by Crippen LogP contribution is -2.04. The summed E-state index contributed by atoms with van der Waals surface area (Å²) in [5.74, 6) is -3.22. The first kappa shape index (κ1) is 32.0. The van der Waals surface area contributed by atoms with Gasteiger partial charge in [-0.1, -0.05) is 60.7 Å². The van der Waals surface area contributed by atoms with Crippen LogP contribution in [-0.4, -0.2) is 39.0 Å². The normalized spacial score (nSPS) is 11.2. The maximum Gasteiger partial charge on any atom is 0.331 e. The van der Waals surface area contributed by atoms with Crippen LogP contribution in [0.1, 0.15) is 16.7 Å². The second-order valence-electron chi connectivity index (χ2n) is 9.98. The molecule has 0 saturated carbocycles. The van der Waals surface area contributed by atoms with E-state index < -0.39 is 35.1 Å². The quantitative estimate of drug-likeness (QED) is 0.0657. The smallest absolute Gasteiger partial charge is 0.331 e. The molecule has 0 amide bonds. The van der Waals surface area contributed by atoms with Gasteiger partial charge in [-0.05, 0) is 47.5 Å². The Hall–Kier alpha value is -6.43. The second-order valence-corrected chi connectivity index (χ2v) is 9.98. The number of aromatic nitrogens is 2. The van der Waals surface area contributed by atoms with Crippen molar-refractivity contribution in [2.24, 2.45) is 0 Å². The summed E-state index contributed by atoms with van der Waals surface area (Å²) >= 11 is 0. The van der Waals surface area contributed by atoms with Crippen LogP contribution in [0.5, 0.6) is 5.75 Å². The highest BCUT2D eigenvalue weighted by atomic mass is 19.1. The van der Waals surface area contributed by atoms with Gasteiger partial charge in [0, 0.05) is 23.3 Å². The van der Waals surface area contributed by atoms with Crippen LogP contribution in [-0.2, 0) is 20.9 Å². The number of carboxylic acid groups (broad SMARTS) is 1. The Balaban J connectivity index is 1.46. The van der Waals surface area contributed by atoms with E-state index in [9.17, 15) is 28.5 Å². The molecule has 236 valence electrons. The Morgan fingerprint density at radius 1 is 0.894 bits per heavy atom. The number of nitro benzene ring substituents is 1. The van der Waals surface area contributed by atoms with Crippen molar-refractivity contribution < 1.29 is 37.9 Å². The number of aromatic amines is 1. The third kappa shape index (κ3) is 7.45. The first-order valence-electron chi connectivity index (χ1n) is 14.0. The molecule has 47 heavy (non-hydrogen) atoms. The molecule has 0 bridgehead atoms. The highest BCUT2D eigenvalue weighted by Crippen LogP contribution is 2.40. The third-order valence-corrected chi connectivity index (χ3v) is 6.99. The summed E-state index contributed by atoms with van der Waals surface area (Å²) in [5, 5.41) is 20.9. The van der Waals surface area contributed by atoms with Crippen LogP contribution in [0.2, 0.25) is 0 Å². The number of nitro groups is 1. The summed E-state index contributed by atoms with van der Waals surface area (Å²) in [7, 11) is 1.34. The van der Waals surface area contributed by atoms with Gasteiger partial charge in [-0.2, -0.15) is 0 Å². The Morgan fingerprint density at radius 2 is 1.49 bits per heavy atom. The van der Waals surface area contributed by atoms with Crippen LogP contribution in [0.25, 0.3) is 46.1 Å². The number of imidazole rings is 1. The number of para-hydroxylation sites is 1. The van der Waals surface area contributed by atoms with E-state index in [-0.39, 0.29) is 28.4 Å². The number of halogens is 2. The second kappa shape index (κ2) is 14.1. The van der Waals surface area contributed by atoms with Crippen molar-refractivity contribution in [2.45, 2.75) is 6.61 Å². The fraction of sp³-hybridized carbons (Fsp3) is 0.0571. The molecule has 0 fully saturated rings. The van der Waals surface area contributed by atoms with Gasteiger partial charge in [0.15, 0.2) is 5.75 Å². The van der Waals surface area contributed by atoms with Crippen LogP contribution in [0, 0.1) is 21.7 Å². The van der Waals surface area contributed by atoms with Crippen molar-refractivity contribution in [3.05, 3.63) is 136 Å². The average Bonchev–Trinajstić information content (AvgIpc) is 3.51. The molecular weight excluding hydrogens is 612 g/mol. The predicted molar refractivity (Wildman–Crippen MR) is 170 cm³/mol. The van der Waals surface area contributed by atoms with E-state index in [0.717, 1.165) is 24.3 Å². The highest BCUT2D eigenvalue weighted by Gasteiger charge is 2.25. The van der Waals surface area contributed by atoms with Crippen LogP contribution in [0.3, 0.4) is 0 Å². The minimum absolute atomic E-state index is 0.0651. The summed E-state index contributed by atoms with van der Waals surface area (Å²) in [4.78, 5) is 42.5. The van der Waals surface area contributed by atoms with E-state index in [2.05, 4.69) is 4.98 Å². The number of ether oxygens (including phenoxy) is 2. The lowest BCUT2D eigenvalue weighted by molar-refractivity contribution is -0.385. The van der Waals surface area contributed by atoms with Crippen molar-refractivity contribution in [1.82, 2.24) is 9.97 Å². The van der Waals surface area contributed by atoms with Crippen molar-refractivity contribution in [3.63, 3.8) is 0 Å². The molecule has 0 aliphatic heterocycles. The molecule has 0 atom stereocenters. The number of hydrogen-bond donors (Lipinski definition) is 2. The van der Waals surface area contributed by atoms with E-state index in [4.69, 9.17) is 19.6 Å². The Kier molecular flexibility index (Phi) is 9.61. The molecular formula is C35H25F2N3O7. The summed E-state index contributed by atoms with van der Waals surface area (Å²) in [6, 6.07) is 21.9. The zero-order valence-electron chi connectivity index (χ0n) is 24.6. The molecule has 0 saturated heterocycles. The number of H-pyrrole nitrogens is 1. The summed E-state index contributed by atoms with van der Waals surface area (Å²) in [6.45, 7) is -0.562. The van der Waals surface area contributed by atoms with Crippen molar-refractivity contribution in [2.75, 3.05) is 7.11 Å². The van der Waals surface area contributed by atoms with E-state index in [1.165, 1.54) is 31.4 Å². The maximum atomic E-state index is 13.8. The third-order valence-electron chi connectivity index (χ3n) is 6.99. The minimum atomic E-state index is -1.08. The van der Waals surface area contributed by atoms with Gasteiger partial charge >= 0.3 is 17.6 Å².